The van der Waals surface area contributed by atoms with Gasteiger partial charge in [-0.05, 0) is 18.2 Å². The van der Waals surface area contributed by atoms with E-state index in [1.54, 1.807) is 0 Å². The molecule has 0 radical (unpaired) electrons. The molecule has 0 saturated carbocycles. The first-order valence-electron chi connectivity index (χ1n) is 6.66. The van der Waals surface area contributed by atoms with Crippen molar-refractivity contribution in [3.63, 3.8) is 0 Å². The fraction of sp³-hybridized carbons (Fsp3) is 0.286. The normalized spacial score (nSPS) is 10.0. The van der Waals surface area contributed by atoms with Crippen molar-refractivity contribution in [2.75, 3.05) is 36.0 Å². The Balaban J connectivity index is 3.15. The molecule has 0 aliphatic carbocycles. The average molecular weight is 340 g/mol. The number of carboxylic acid groups (broad SMARTS) is 4. The molecule has 10 heteroatoms. The van der Waals surface area contributed by atoms with E-state index in [-0.39, 0.29) is 11.4 Å². The number of benzene rings is 1. The van der Waals surface area contributed by atoms with Crippen LogP contribution >= 0.6 is 0 Å². The van der Waals surface area contributed by atoms with E-state index < -0.39 is 50.1 Å². The molecule has 0 atom stereocenters. The van der Waals surface area contributed by atoms with Crippen LogP contribution in [0.15, 0.2) is 24.3 Å². The Morgan fingerprint density at radius 2 is 0.958 bits per heavy atom. The summed E-state index contributed by atoms with van der Waals surface area (Å²) in [5.41, 5.74) is 0.441. The van der Waals surface area contributed by atoms with E-state index in [2.05, 4.69) is 0 Å². The minimum Gasteiger partial charge on any atom is -0.480 e. The Kier molecular flexibility index (Phi) is 6.53. The molecule has 0 amide bonds. The van der Waals surface area contributed by atoms with Crippen LogP contribution in [0, 0.1) is 0 Å². The predicted octanol–water partition coefficient (Wildman–Crippen LogP) is -0.362. The van der Waals surface area contributed by atoms with Gasteiger partial charge in [0.05, 0.1) is 0 Å². The molecule has 0 spiro atoms. The molecule has 0 heterocycles. The van der Waals surface area contributed by atoms with Crippen LogP contribution in [-0.2, 0) is 19.2 Å². The van der Waals surface area contributed by atoms with Gasteiger partial charge in [-0.25, -0.2) is 0 Å². The van der Waals surface area contributed by atoms with Crippen LogP contribution in [0.2, 0.25) is 0 Å². The highest BCUT2D eigenvalue weighted by atomic mass is 16.4. The second-order valence-corrected chi connectivity index (χ2v) is 4.81. The topological polar surface area (TPSA) is 156 Å². The lowest BCUT2D eigenvalue weighted by atomic mass is 10.2. The highest BCUT2D eigenvalue weighted by Gasteiger charge is 2.18. The highest BCUT2D eigenvalue weighted by molar-refractivity contribution is 5.82. The molecule has 0 aliphatic heterocycles. The van der Waals surface area contributed by atoms with Gasteiger partial charge in [0.25, 0.3) is 0 Å². The minimum absolute atomic E-state index is 0.220. The third-order valence-electron chi connectivity index (χ3n) is 2.86. The van der Waals surface area contributed by atoms with E-state index >= 15 is 0 Å². The van der Waals surface area contributed by atoms with E-state index in [1.165, 1.54) is 24.3 Å². The molecule has 0 unspecified atom stereocenters. The molecular weight excluding hydrogens is 324 g/mol. The van der Waals surface area contributed by atoms with E-state index in [9.17, 15) is 19.2 Å². The summed E-state index contributed by atoms with van der Waals surface area (Å²) in [4.78, 5) is 45.6. The van der Waals surface area contributed by atoms with Gasteiger partial charge in [0.15, 0.2) is 0 Å². The lowest BCUT2D eigenvalue weighted by Crippen LogP contribution is -2.36. The van der Waals surface area contributed by atoms with E-state index in [0.29, 0.717) is 0 Å². The van der Waals surface area contributed by atoms with Gasteiger partial charge in [0.2, 0.25) is 0 Å². The Morgan fingerprint density at radius 1 is 0.667 bits per heavy atom. The molecule has 0 aromatic heterocycles. The lowest BCUT2D eigenvalue weighted by molar-refractivity contribution is -0.138. The fourth-order valence-corrected chi connectivity index (χ4v) is 2.02. The summed E-state index contributed by atoms with van der Waals surface area (Å²) < 4.78 is 0. The van der Waals surface area contributed by atoms with Crippen molar-refractivity contribution in [1.29, 1.82) is 0 Å². The predicted molar refractivity (Wildman–Crippen MR) is 81.4 cm³/mol. The maximum Gasteiger partial charge on any atom is 0.323 e. The van der Waals surface area contributed by atoms with Crippen molar-refractivity contribution < 1.29 is 39.6 Å². The van der Waals surface area contributed by atoms with Crippen molar-refractivity contribution in [3.8, 4) is 0 Å². The second-order valence-electron chi connectivity index (χ2n) is 4.81. The third-order valence-corrected chi connectivity index (χ3v) is 2.86. The Morgan fingerprint density at radius 3 is 1.21 bits per heavy atom. The SMILES string of the molecule is O=C(O)CN(CC(=O)O)c1cccc(N(CC(=O)O)CC(=O)O)c1. The second kappa shape index (κ2) is 8.36. The molecule has 0 fully saturated rings. The Bertz CT molecular complexity index is 562. The van der Waals surface area contributed by atoms with Crippen LogP contribution in [0.1, 0.15) is 0 Å². The molecular formula is C14H16N2O8. The molecule has 4 N–H and O–H groups in total. The number of hydrogen-bond donors (Lipinski definition) is 4. The van der Waals surface area contributed by atoms with Crippen LogP contribution < -0.4 is 9.80 Å². The smallest absolute Gasteiger partial charge is 0.323 e. The van der Waals surface area contributed by atoms with Crippen LogP contribution in [0.25, 0.3) is 0 Å². The summed E-state index contributed by atoms with van der Waals surface area (Å²) >= 11 is 0. The number of nitrogens with zero attached hydrogens (tertiary/aromatic N) is 2. The number of rotatable bonds is 10. The van der Waals surface area contributed by atoms with Crippen molar-refractivity contribution in [2.45, 2.75) is 0 Å². The first kappa shape index (κ1) is 18.7. The van der Waals surface area contributed by atoms with Gasteiger partial charge < -0.3 is 30.2 Å². The van der Waals surface area contributed by atoms with Gasteiger partial charge in [-0.3, -0.25) is 19.2 Å². The zero-order chi connectivity index (χ0) is 18.3. The van der Waals surface area contributed by atoms with Gasteiger partial charge in [-0.15, -0.1) is 0 Å². The zero-order valence-electron chi connectivity index (χ0n) is 12.5. The molecule has 24 heavy (non-hydrogen) atoms. The monoisotopic (exact) mass is 340 g/mol. The average Bonchev–Trinajstić information content (AvgIpc) is 2.44. The summed E-state index contributed by atoms with van der Waals surface area (Å²) in [6.07, 6.45) is 0. The van der Waals surface area contributed by atoms with Gasteiger partial charge in [-0.2, -0.15) is 0 Å². The maximum absolute atomic E-state index is 10.9. The summed E-state index contributed by atoms with van der Waals surface area (Å²) in [5, 5.41) is 35.5. The standard InChI is InChI=1S/C14H16N2O8/c17-11(18)5-15(6-12(19)20)9-2-1-3-10(4-9)16(7-13(21)22)8-14(23)24/h1-4H,5-8H2,(H,17,18)(H,19,20)(H,21,22)(H,23,24). The number of carboxylic acids is 4. The van der Waals surface area contributed by atoms with Crippen LogP contribution in [0.3, 0.4) is 0 Å². The molecule has 130 valence electrons. The fourth-order valence-electron chi connectivity index (χ4n) is 2.02. The molecule has 0 bridgehead atoms. The molecule has 10 nitrogen and oxygen atoms in total. The number of carbonyl (C=O) groups is 4. The van der Waals surface area contributed by atoms with E-state index in [4.69, 9.17) is 20.4 Å². The summed E-state index contributed by atoms with van der Waals surface area (Å²) in [6.45, 7) is -2.30. The summed E-state index contributed by atoms with van der Waals surface area (Å²) in [6, 6.07) is 5.71. The van der Waals surface area contributed by atoms with Crippen molar-refractivity contribution in [1.82, 2.24) is 0 Å². The van der Waals surface area contributed by atoms with Crippen molar-refractivity contribution >= 4 is 35.3 Å². The number of anilines is 2. The van der Waals surface area contributed by atoms with Crippen molar-refractivity contribution in [2.24, 2.45) is 0 Å². The zero-order valence-corrected chi connectivity index (χ0v) is 12.5. The molecule has 0 saturated heterocycles. The van der Waals surface area contributed by atoms with Gasteiger partial charge >= 0.3 is 23.9 Å². The largest absolute Gasteiger partial charge is 0.480 e. The lowest BCUT2D eigenvalue weighted by Gasteiger charge is -2.25. The highest BCUT2D eigenvalue weighted by Crippen LogP contribution is 2.22. The summed E-state index contributed by atoms with van der Waals surface area (Å²) in [7, 11) is 0. The first-order valence-corrected chi connectivity index (χ1v) is 6.66. The molecule has 0 aliphatic rings. The number of aliphatic carboxylic acids is 4. The van der Waals surface area contributed by atoms with E-state index in [0.717, 1.165) is 9.80 Å². The first-order chi connectivity index (χ1) is 11.2. The van der Waals surface area contributed by atoms with Crippen LogP contribution in [0.5, 0.6) is 0 Å². The van der Waals surface area contributed by atoms with Gasteiger partial charge in [-0.1, -0.05) is 6.07 Å². The minimum atomic E-state index is -1.24. The maximum atomic E-state index is 10.9. The quantitative estimate of drug-likeness (QED) is 0.443. The third kappa shape index (κ3) is 6.22. The van der Waals surface area contributed by atoms with Crippen LogP contribution in [-0.4, -0.2) is 70.5 Å². The summed E-state index contributed by atoms with van der Waals surface area (Å²) in [5.74, 6) is -4.96. The number of hydrogen-bond acceptors (Lipinski definition) is 6. The molecule has 1 aromatic rings. The van der Waals surface area contributed by atoms with Crippen LogP contribution in [0.4, 0.5) is 11.4 Å². The van der Waals surface area contributed by atoms with Gasteiger partial charge in [0.1, 0.15) is 26.2 Å². The molecule has 1 rings (SSSR count). The molecule has 1 aromatic carbocycles. The Labute approximate surface area is 136 Å². The van der Waals surface area contributed by atoms with Gasteiger partial charge in [0, 0.05) is 11.4 Å². The van der Waals surface area contributed by atoms with Crippen molar-refractivity contribution in [3.05, 3.63) is 24.3 Å². The Hall–Kier alpha value is -3.30. The van der Waals surface area contributed by atoms with E-state index in [1.807, 2.05) is 0 Å².